The number of nitrogens with two attached hydrogens (primary N) is 1. The van der Waals surface area contributed by atoms with Crippen LogP contribution in [0.15, 0.2) is 18.5 Å². The maximum absolute atomic E-state index is 11.6. The molecule has 102 valence electrons. The predicted octanol–water partition coefficient (Wildman–Crippen LogP) is 1.13. The van der Waals surface area contributed by atoms with Crippen molar-refractivity contribution >= 4 is 6.09 Å². The van der Waals surface area contributed by atoms with E-state index in [1.54, 1.807) is 10.9 Å². The number of hydrogen-bond donors (Lipinski definition) is 2. The molecule has 1 aromatic rings. The number of hydrogen-bond acceptors (Lipinski definition) is 4. The number of alkyl carbamates (subject to hydrolysis) is 1. The highest BCUT2D eigenvalue weighted by Gasteiger charge is 2.18. The summed E-state index contributed by atoms with van der Waals surface area (Å²) in [5.74, 6) is 0. The molecular formula is C12H22N4O2. The molecule has 0 saturated carbocycles. The van der Waals surface area contributed by atoms with E-state index in [0.717, 1.165) is 6.42 Å². The zero-order chi connectivity index (χ0) is 13.6. The molecule has 3 N–H and O–H groups in total. The Morgan fingerprint density at radius 2 is 2.28 bits per heavy atom. The van der Waals surface area contributed by atoms with Gasteiger partial charge < -0.3 is 15.8 Å². The Balaban J connectivity index is 2.35. The molecule has 0 aliphatic heterocycles. The fourth-order valence-corrected chi connectivity index (χ4v) is 1.44. The number of nitrogens with one attached hydrogen (secondary N) is 1. The summed E-state index contributed by atoms with van der Waals surface area (Å²) in [5, 5.41) is 6.85. The molecule has 0 fully saturated rings. The van der Waals surface area contributed by atoms with Crippen LogP contribution in [0.25, 0.3) is 0 Å². The minimum absolute atomic E-state index is 0.107. The second-order valence-corrected chi connectivity index (χ2v) is 5.14. The number of nitrogens with zero attached hydrogens (tertiary/aromatic N) is 2. The summed E-state index contributed by atoms with van der Waals surface area (Å²) < 4.78 is 6.98. The zero-order valence-electron chi connectivity index (χ0n) is 11.2. The predicted molar refractivity (Wildman–Crippen MR) is 69.1 cm³/mol. The summed E-state index contributed by atoms with van der Waals surface area (Å²) in [5.41, 5.74) is 5.13. The Kier molecular flexibility index (Phi) is 5.15. The quantitative estimate of drug-likeness (QED) is 0.825. The van der Waals surface area contributed by atoms with Crippen LogP contribution < -0.4 is 11.1 Å². The third kappa shape index (κ3) is 5.67. The molecule has 0 radical (unpaired) electrons. The minimum Gasteiger partial charge on any atom is -0.444 e. The molecule has 0 spiro atoms. The highest BCUT2D eigenvalue weighted by Crippen LogP contribution is 2.07. The number of carbonyl (C=O) groups is 1. The van der Waals surface area contributed by atoms with Gasteiger partial charge >= 0.3 is 6.09 Å². The van der Waals surface area contributed by atoms with E-state index in [4.69, 9.17) is 10.5 Å². The molecular weight excluding hydrogens is 232 g/mol. The maximum Gasteiger partial charge on any atom is 0.407 e. The van der Waals surface area contributed by atoms with Crippen LogP contribution in [-0.2, 0) is 11.3 Å². The molecule has 1 heterocycles. The van der Waals surface area contributed by atoms with E-state index in [1.165, 1.54) is 0 Å². The standard InChI is InChI=1S/C12H22N4O2/c1-12(2,3)18-11(17)15-10(9-13)5-8-16-7-4-6-14-16/h4,6-7,10H,5,8-9,13H2,1-3H3,(H,15,17). The van der Waals surface area contributed by atoms with Gasteiger partial charge in [0, 0.05) is 31.5 Å². The summed E-state index contributed by atoms with van der Waals surface area (Å²) in [4.78, 5) is 11.6. The van der Waals surface area contributed by atoms with Crippen molar-refractivity contribution in [1.29, 1.82) is 0 Å². The minimum atomic E-state index is -0.495. The number of amides is 1. The van der Waals surface area contributed by atoms with Crippen LogP contribution in [0, 0.1) is 0 Å². The summed E-state index contributed by atoms with van der Waals surface area (Å²) in [6, 6.07) is 1.75. The van der Waals surface area contributed by atoms with Gasteiger partial charge in [0.2, 0.25) is 0 Å². The molecule has 1 amide bonds. The second-order valence-electron chi connectivity index (χ2n) is 5.14. The van der Waals surface area contributed by atoms with Crippen LogP contribution in [0.2, 0.25) is 0 Å². The molecule has 1 unspecified atom stereocenters. The molecule has 0 aliphatic rings. The number of aryl methyl sites for hydroxylation is 1. The van der Waals surface area contributed by atoms with Crippen molar-refractivity contribution in [2.75, 3.05) is 6.54 Å². The van der Waals surface area contributed by atoms with Gasteiger partial charge in [-0.1, -0.05) is 0 Å². The van der Waals surface area contributed by atoms with Gasteiger partial charge in [-0.25, -0.2) is 4.79 Å². The molecule has 0 bridgehead atoms. The van der Waals surface area contributed by atoms with Crippen molar-refractivity contribution in [2.45, 2.75) is 45.4 Å². The van der Waals surface area contributed by atoms with Crippen molar-refractivity contribution < 1.29 is 9.53 Å². The Hall–Kier alpha value is -1.56. The van der Waals surface area contributed by atoms with Crippen LogP contribution >= 0.6 is 0 Å². The Morgan fingerprint density at radius 1 is 1.56 bits per heavy atom. The van der Waals surface area contributed by atoms with Gasteiger partial charge in [-0.2, -0.15) is 5.10 Å². The lowest BCUT2D eigenvalue weighted by molar-refractivity contribution is 0.0502. The van der Waals surface area contributed by atoms with Crippen LogP contribution in [0.5, 0.6) is 0 Å². The Labute approximate surface area is 107 Å². The van der Waals surface area contributed by atoms with Gasteiger partial charge in [-0.05, 0) is 33.3 Å². The number of carbonyl (C=O) groups excluding carboxylic acids is 1. The molecule has 0 aliphatic carbocycles. The zero-order valence-corrected chi connectivity index (χ0v) is 11.2. The monoisotopic (exact) mass is 254 g/mol. The molecule has 0 saturated heterocycles. The SMILES string of the molecule is CC(C)(C)OC(=O)NC(CN)CCn1cccn1. The van der Waals surface area contributed by atoms with Crippen molar-refractivity contribution in [1.82, 2.24) is 15.1 Å². The first-order valence-electron chi connectivity index (χ1n) is 6.08. The van der Waals surface area contributed by atoms with E-state index in [2.05, 4.69) is 10.4 Å². The van der Waals surface area contributed by atoms with Crippen molar-refractivity contribution in [3.8, 4) is 0 Å². The highest BCUT2D eigenvalue weighted by atomic mass is 16.6. The molecule has 1 rings (SSSR count). The number of aromatic nitrogens is 2. The van der Waals surface area contributed by atoms with Crippen LogP contribution in [-0.4, -0.2) is 34.1 Å². The van der Waals surface area contributed by atoms with E-state index >= 15 is 0 Å². The van der Waals surface area contributed by atoms with E-state index in [-0.39, 0.29) is 6.04 Å². The number of rotatable bonds is 5. The molecule has 6 heteroatoms. The summed E-state index contributed by atoms with van der Waals surface area (Å²) >= 11 is 0. The van der Waals surface area contributed by atoms with Crippen molar-refractivity contribution in [3.63, 3.8) is 0 Å². The van der Waals surface area contributed by atoms with Crippen molar-refractivity contribution in [2.24, 2.45) is 5.73 Å². The molecule has 1 atom stereocenters. The van der Waals surface area contributed by atoms with Crippen molar-refractivity contribution in [3.05, 3.63) is 18.5 Å². The largest absolute Gasteiger partial charge is 0.444 e. The first kappa shape index (κ1) is 14.5. The molecule has 0 aromatic carbocycles. The van der Waals surface area contributed by atoms with Crippen LogP contribution in [0.4, 0.5) is 4.79 Å². The first-order chi connectivity index (χ1) is 8.40. The van der Waals surface area contributed by atoms with E-state index in [1.807, 2.05) is 33.0 Å². The molecule has 6 nitrogen and oxygen atoms in total. The average molecular weight is 254 g/mol. The smallest absolute Gasteiger partial charge is 0.407 e. The third-order valence-electron chi connectivity index (χ3n) is 2.27. The van der Waals surface area contributed by atoms with Gasteiger partial charge in [0.05, 0.1) is 0 Å². The van der Waals surface area contributed by atoms with Crippen LogP contribution in [0.3, 0.4) is 0 Å². The molecule has 18 heavy (non-hydrogen) atoms. The lowest BCUT2D eigenvalue weighted by Gasteiger charge is -2.23. The van der Waals surface area contributed by atoms with E-state index < -0.39 is 11.7 Å². The lowest BCUT2D eigenvalue weighted by atomic mass is 10.2. The summed E-state index contributed by atoms with van der Waals surface area (Å²) in [6.45, 7) is 6.57. The fraction of sp³-hybridized carbons (Fsp3) is 0.667. The van der Waals surface area contributed by atoms with Crippen LogP contribution in [0.1, 0.15) is 27.2 Å². The van der Waals surface area contributed by atoms with Gasteiger partial charge in [0.15, 0.2) is 0 Å². The van der Waals surface area contributed by atoms with E-state index in [9.17, 15) is 4.79 Å². The molecule has 1 aromatic heterocycles. The van der Waals surface area contributed by atoms with E-state index in [0.29, 0.717) is 13.1 Å². The van der Waals surface area contributed by atoms with Gasteiger partial charge in [0.1, 0.15) is 5.60 Å². The average Bonchev–Trinajstić information content (AvgIpc) is 2.74. The lowest BCUT2D eigenvalue weighted by Crippen LogP contribution is -2.43. The third-order valence-corrected chi connectivity index (χ3v) is 2.27. The van der Waals surface area contributed by atoms with Gasteiger partial charge in [-0.3, -0.25) is 4.68 Å². The normalized spacial score (nSPS) is 13.1. The second kappa shape index (κ2) is 6.39. The summed E-state index contributed by atoms with van der Waals surface area (Å²) in [6.07, 6.45) is 3.88. The van der Waals surface area contributed by atoms with Gasteiger partial charge in [-0.15, -0.1) is 0 Å². The number of ether oxygens (including phenoxy) is 1. The Morgan fingerprint density at radius 3 is 2.78 bits per heavy atom. The highest BCUT2D eigenvalue weighted by molar-refractivity contribution is 5.68. The van der Waals surface area contributed by atoms with Gasteiger partial charge in [0.25, 0.3) is 0 Å². The maximum atomic E-state index is 11.6. The summed E-state index contributed by atoms with van der Waals surface area (Å²) in [7, 11) is 0. The fourth-order valence-electron chi connectivity index (χ4n) is 1.44. The first-order valence-corrected chi connectivity index (χ1v) is 6.08. The topological polar surface area (TPSA) is 82.2 Å². The Bertz CT molecular complexity index is 357.